The second-order valence-electron chi connectivity index (χ2n) is 4.22. The van der Waals surface area contributed by atoms with Crippen LogP contribution in [0.1, 0.15) is 28.8 Å². The summed E-state index contributed by atoms with van der Waals surface area (Å²) in [6.45, 7) is 1.89. The molecule has 7 heteroatoms. The molecule has 2 rings (SSSR count). The minimum atomic E-state index is -0.711. The van der Waals surface area contributed by atoms with Crippen molar-refractivity contribution in [2.24, 2.45) is 10.9 Å². The number of rotatable bonds is 4. The van der Waals surface area contributed by atoms with Gasteiger partial charge in [0, 0.05) is 6.42 Å². The van der Waals surface area contributed by atoms with E-state index >= 15 is 0 Å². The van der Waals surface area contributed by atoms with Crippen molar-refractivity contribution in [2.45, 2.75) is 13.3 Å². The predicted octanol–water partition coefficient (Wildman–Crippen LogP) is 2.33. The minimum Gasteiger partial charge on any atom is -0.456 e. The van der Waals surface area contributed by atoms with E-state index in [-0.39, 0.29) is 17.0 Å². The highest BCUT2D eigenvalue weighted by atomic mass is 19.1. The Kier molecular flexibility index (Phi) is 4.22. The molecule has 0 fully saturated rings. The Morgan fingerprint density at radius 3 is 2.81 bits per heavy atom. The van der Waals surface area contributed by atoms with Gasteiger partial charge in [0.15, 0.2) is 11.6 Å². The van der Waals surface area contributed by atoms with Crippen molar-refractivity contribution >= 4 is 17.4 Å². The minimum absolute atomic E-state index is 0.0877. The number of oxime groups is 1. The van der Waals surface area contributed by atoms with E-state index < -0.39 is 17.6 Å². The molecule has 0 saturated heterocycles. The molecule has 2 aromatic rings. The summed E-state index contributed by atoms with van der Waals surface area (Å²) in [6.07, 6.45) is 0.655. The van der Waals surface area contributed by atoms with E-state index in [0.717, 1.165) is 6.07 Å². The third-order valence-corrected chi connectivity index (χ3v) is 2.86. The number of nitrogens with zero attached hydrogens (tertiary/aromatic N) is 1. The average molecular weight is 291 g/mol. The molecule has 1 aromatic heterocycles. The number of hydrogen-bond donors (Lipinski definition) is 3. The zero-order valence-electron chi connectivity index (χ0n) is 11.3. The van der Waals surface area contributed by atoms with Gasteiger partial charge >= 0.3 is 0 Å². The molecule has 1 aromatic carbocycles. The normalized spacial score (nSPS) is 11.4. The number of amides is 1. The molecule has 0 saturated carbocycles. The van der Waals surface area contributed by atoms with E-state index in [9.17, 15) is 9.18 Å². The summed E-state index contributed by atoms with van der Waals surface area (Å²) in [4.78, 5) is 12.0. The number of hydrogen-bond acceptors (Lipinski definition) is 4. The van der Waals surface area contributed by atoms with Gasteiger partial charge in [0.05, 0.1) is 11.3 Å². The first-order valence-corrected chi connectivity index (χ1v) is 6.23. The van der Waals surface area contributed by atoms with Gasteiger partial charge in [0.1, 0.15) is 11.6 Å². The molecule has 21 heavy (non-hydrogen) atoms. The SMILES string of the molecule is CCc1ccc(C(=O)Nc2cccc(F)c2C(N)=NO)o1. The Bertz CT molecular complexity index is 695. The maximum Gasteiger partial charge on any atom is 0.291 e. The Balaban J connectivity index is 2.31. The summed E-state index contributed by atoms with van der Waals surface area (Å²) >= 11 is 0. The van der Waals surface area contributed by atoms with E-state index in [2.05, 4.69) is 10.5 Å². The molecule has 6 nitrogen and oxygen atoms in total. The fraction of sp³-hybridized carbons (Fsp3) is 0.143. The monoisotopic (exact) mass is 291 g/mol. The van der Waals surface area contributed by atoms with Crippen molar-refractivity contribution in [3.63, 3.8) is 0 Å². The number of furan rings is 1. The lowest BCUT2D eigenvalue weighted by Crippen LogP contribution is -2.20. The van der Waals surface area contributed by atoms with Crippen LogP contribution in [0.4, 0.5) is 10.1 Å². The van der Waals surface area contributed by atoms with Gasteiger partial charge in [-0.2, -0.15) is 0 Å². The summed E-state index contributed by atoms with van der Waals surface area (Å²) < 4.78 is 19.1. The first-order valence-electron chi connectivity index (χ1n) is 6.23. The average Bonchev–Trinajstić information content (AvgIpc) is 2.96. The van der Waals surface area contributed by atoms with Crippen LogP contribution in [-0.2, 0) is 6.42 Å². The number of nitrogens with two attached hydrogens (primary N) is 1. The number of aryl methyl sites for hydroxylation is 1. The molecule has 0 radical (unpaired) electrons. The van der Waals surface area contributed by atoms with Crippen LogP contribution in [0.3, 0.4) is 0 Å². The summed E-state index contributed by atoms with van der Waals surface area (Å²) in [5, 5.41) is 13.9. The van der Waals surface area contributed by atoms with Crippen LogP contribution in [0.5, 0.6) is 0 Å². The molecule has 0 unspecified atom stereocenters. The van der Waals surface area contributed by atoms with Crippen LogP contribution in [0.2, 0.25) is 0 Å². The second-order valence-corrected chi connectivity index (χ2v) is 4.22. The van der Waals surface area contributed by atoms with Crippen molar-refractivity contribution in [1.82, 2.24) is 0 Å². The standard InChI is InChI=1S/C14H14FN3O3/c1-2-8-6-7-11(21-8)14(19)17-10-5-3-4-9(15)12(10)13(16)18-20/h3-7,20H,2H2,1H3,(H2,16,18)(H,17,19). The molecule has 1 amide bonds. The molecule has 110 valence electrons. The highest BCUT2D eigenvalue weighted by Gasteiger charge is 2.17. The van der Waals surface area contributed by atoms with Gasteiger partial charge in [-0.25, -0.2) is 4.39 Å². The number of amidine groups is 1. The van der Waals surface area contributed by atoms with E-state index in [4.69, 9.17) is 15.4 Å². The van der Waals surface area contributed by atoms with Gasteiger partial charge in [0.2, 0.25) is 0 Å². The summed E-state index contributed by atoms with van der Waals surface area (Å²) in [5.74, 6) is -0.932. The van der Waals surface area contributed by atoms with E-state index in [1.165, 1.54) is 18.2 Å². The third kappa shape index (κ3) is 3.02. The lowest BCUT2D eigenvalue weighted by Gasteiger charge is -2.09. The third-order valence-electron chi connectivity index (χ3n) is 2.86. The number of carbonyl (C=O) groups is 1. The lowest BCUT2D eigenvalue weighted by molar-refractivity contribution is 0.0995. The molecule has 0 aliphatic rings. The predicted molar refractivity (Wildman–Crippen MR) is 75.0 cm³/mol. The van der Waals surface area contributed by atoms with Gasteiger partial charge in [0.25, 0.3) is 5.91 Å². The molecule has 0 aliphatic carbocycles. The van der Waals surface area contributed by atoms with Crippen LogP contribution in [0.15, 0.2) is 39.9 Å². The van der Waals surface area contributed by atoms with Crippen LogP contribution in [0.25, 0.3) is 0 Å². The molecule has 0 spiro atoms. The topological polar surface area (TPSA) is 101 Å². The van der Waals surface area contributed by atoms with Crippen molar-refractivity contribution in [1.29, 1.82) is 0 Å². The van der Waals surface area contributed by atoms with Crippen molar-refractivity contribution in [2.75, 3.05) is 5.32 Å². The number of halogens is 1. The highest BCUT2D eigenvalue weighted by Crippen LogP contribution is 2.20. The quantitative estimate of drug-likeness (QED) is 0.348. The van der Waals surface area contributed by atoms with Crippen molar-refractivity contribution in [3.05, 3.63) is 53.2 Å². The zero-order chi connectivity index (χ0) is 15.4. The largest absolute Gasteiger partial charge is 0.456 e. The maximum atomic E-state index is 13.8. The smallest absolute Gasteiger partial charge is 0.291 e. The van der Waals surface area contributed by atoms with Gasteiger partial charge in [-0.1, -0.05) is 18.1 Å². The van der Waals surface area contributed by atoms with Crippen LogP contribution in [-0.4, -0.2) is 17.0 Å². The number of anilines is 1. The van der Waals surface area contributed by atoms with Gasteiger partial charge < -0.3 is 20.7 Å². The molecule has 0 bridgehead atoms. The Labute approximate surface area is 120 Å². The number of benzene rings is 1. The number of nitrogens with one attached hydrogen (secondary N) is 1. The molecule has 0 aliphatic heterocycles. The lowest BCUT2D eigenvalue weighted by atomic mass is 10.1. The van der Waals surface area contributed by atoms with Gasteiger partial charge in [-0.05, 0) is 24.3 Å². The number of carbonyl (C=O) groups excluding carboxylic acids is 1. The Morgan fingerprint density at radius 1 is 1.43 bits per heavy atom. The van der Waals surface area contributed by atoms with E-state index in [1.807, 2.05) is 6.92 Å². The summed E-state index contributed by atoms with van der Waals surface area (Å²) in [6, 6.07) is 7.20. The molecular formula is C14H14FN3O3. The summed E-state index contributed by atoms with van der Waals surface area (Å²) in [5.41, 5.74) is 5.32. The fourth-order valence-electron chi connectivity index (χ4n) is 1.81. The first kappa shape index (κ1) is 14.6. The molecule has 0 atom stereocenters. The first-order chi connectivity index (χ1) is 10.1. The van der Waals surface area contributed by atoms with Gasteiger partial charge in [-0.3, -0.25) is 4.79 Å². The Morgan fingerprint density at radius 2 is 2.19 bits per heavy atom. The van der Waals surface area contributed by atoms with Crippen molar-refractivity contribution < 1.29 is 18.8 Å². The zero-order valence-corrected chi connectivity index (χ0v) is 11.3. The van der Waals surface area contributed by atoms with Gasteiger partial charge in [-0.15, -0.1) is 0 Å². The van der Waals surface area contributed by atoms with Crippen LogP contribution >= 0.6 is 0 Å². The maximum absolute atomic E-state index is 13.8. The highest BCUT2D eigenvalue weighted by molar-refractivity contribution is 6.09. The van der Waals surface area contributed by atoms with E-state index in [0.29, 0.717) is 12.2 Å². The molecule has 1 heterocycles. The molecule has 4 N–H and O–H groups in total. The molecular weight excluding hydrogens is 277 g/mol. The van der Waals surface area contributed by atoms with Crippen LogP contribution in [0, 0.1) is 5.82 Å². The fourth-order valence-corrected chi connectivity index (χ4v) is 1.81. The van der Waals surface area contributed by atoms with Crippen LogP contribution < -0.4 is 11.1 Å². The summed E-state index contributed by atoms with van der Waals surface area (Å²) in [7, 11) is 0. The van der Waals surface area contributed by atoms with Crippen molar-refractivity contribution in [3.8, 4) is 0 Å². The van der Waals surface area contributed by atoms with E-state index in [1.54, 1.807) is 6.07 Å². The second kappa shape index (κ2) is 6.08. The Hall–Kier alpha value is -2.83.